The van der Waals surface area contributed by atoms with Gasteiger partial charge in [0.2, 0.25) is 5.95 Å². The Morgan fingerprint density at radius 2 is 2.29 bits per heavy atom. The van der Waals surface area contributed by atoms with Crippen LogP contribution in [0.2, 0.25) is 0 Å². The predicted molar refractivity (Wildman–Crippen MR) is 92.5 cm³/mol. The van der Waals surface area contributed by atoms with Crippen molar-refractivity contribution in [1.29, 1.82) is 0 Å². The molecule has 0 spiro atoms. The Hall–Kier alpha value is -2.71. The van der Waals surface area contributed by atoms with Crippen molar-refractivity contribution in [3.05, 3.63) is 36.7 Å². The largest absolute Gasteiger partial charge is 0.394 e. The van der Waals surface area contributed by atoms with Crippen molar-refractivity contribution >= 4 is 28.4 Å². The smallest absolute Gasteiger partial charge is 0.227 e. The number of aliphatic hydroxyl groups is 1. The molecule has 0 bridgehead atoms. The first-order valence-electron chi connectivity index (χ1n) is 7.95. The van der Waals surface area contributed by atoms with Crippen molar-refractivity contribution in [1.82, 2.24) is 25.5 Å². The molecule has 2 aromatic heterocycles. The summed E-state index contributed by atoms with van der Waals surface area (Å²) in [7, 11) is 0. The van der Waals surface area contributed by atoms with E-state index in [0.717, 1.165) is 42.0 Å². The maximum Gasteiger partial charge on any atom is 0.227 e. The van der Waals surface area contributed by atoms with Crippen LogP contribution in [0.5, 0.6) is 0 Å². The molecule has 8 heteroatoms. The minimum absolute atomic E-state index is 0.00344. The lowest BCUT2D eigenvalue weighted by Gasteiger charge is -2.35. The Bertz CT molecular complexity index is 834. The molecule has 3 aromatic rings. The average molecular weight is 325 g/mol. The number of nitrogens with zero attached hydrogens (tertiary/aromatic N) is 4. The predicted octanol–water partition coefficient (Wildman–Crippen LogP) is 0.867. The van der Waals surface area contributed by atoms with Crippen LogP contribution in [0.1, 0.15) is 0 Å². The molecule has 0 amide bonds. The monoisotopic (exact) mass is 325 g/mol. The van der Waals surface area contributed by atoms with Crippen LogP contribution in [-0.4, -0.2) is 57.6 Å². The van der Waals surface area contributed by atoms with Gasteiger partial charge in [-0.2, -0.15) is 10.1 Å². The minimum atomic E-state index is -0.00344. The number of piperazine rings is 1. The second-order valence-electron chi connectivity index (χ2n) is 5.77. The van der Waals surface area contributed by atoms with Crippen LogP contribution >= 0.6 is 0 Å². The molecular weight excluding hydrogens is 306 g/mol. The molecule has 0 radical (unpaired) electrons. The van der Waals surface area contributed by atoms with Gasteiger partial charge in [0.15, 0.2) is 0 Å². The van der Waals surface area contributed by atoms with Crippen LogP contribution in [0.25, 0.3) is 10.9 Å². The van der Waals surface area contributed by atoms with Gasteiger partial charge in [-0.15, -0.1) is 0 Å². The zero-order chi connectivity index (χ0) is 16.4. The molecule has 1 aliphatic heterocycles. The Morgan fingerprint density at radius 1 is 1.33 bits per heavy atom. The van der Waals surface area contributed by atoms with E-state index in [2.05, 4.69) is 30.8 Å². The first-order valence-corrected chi connectivity index (χ1v) is 7.95. The summed E-state index contributed by atoms with van der Waals surface area (Å²) >= 11 is 0. The number of hydrogen-bond donors (Lipinski definition) is 4. The van der Waals surface area contributed by atoms with Gasteiger partial charge in [-0.25, -0.2) is 4.98 Å². The minimum Gasteiger partial charge on any atom is -0.394 e. The number of benzene rings is 1. The fourth-order valence-electron chi connectivity index (χ4n) is 2.91. The van der Waals surface area contributed by atoms with Crippen molar-refractivity contribution in [2.45, 2.75) is 6.04 Å². The lowest BCUT2D eigenvalue weighted by molar-refractivity contribution is 0.245. The Morgan fingerprint density at radius 3 is 3.21 bits per heavy atom. The van der Waals surface area contributed by atoms with Crippen LogP contribution in [0.3, 0.4) is 0 Å². The fourth-order valence-corrected chi connectivity index (χ4v) is 2.91. The lowest BCUT2D eigenvalue weighted by atomic mass is 10.2. The number of hydrogen-bond acceptors (Lipinski definition) is 7. The van der Waals surface area contributed by atoms with Crippen molar-refractivity contribution in [2.24, 2.45) is 0 Å². The highest BCUT2D eigenvalue weighted by atomic mass is 16.3. The van der Waals surface area contributed by atoms with Crippen molar-refractivity contribution in [3.8, 4) is 0 Å². The summed E-state index contributed by atoms with van der Waals surface area (Å²) in [6, 6.07) is 7.80. The second-order valence-corrected chi connectivity index (χ2v) is 5.77. The highest BCUT2D eigenvalue weighted by Crippen LogP contribution is 2.21. The van der Waals surface area contributed by atoms with Crippen LogP contribution in [-0.2, 0) is 0 Å². The topological polar surface area (TPSA) is 102 Å². The molecule has 24 heavy (non-hydrogen) atoms. The van der Waals surface area contributed by atoms with Crippen LogP contribution in [0, 0.1) is 0 Å². The van der Waals surface area contributed by atoms with Crippen LogP contribution < -0.4 is 15.5 Å². The van der Waals surface area contributed by atoms with Gasteiger partial charge >= 0.3 is 0 Å². The first-order chi connectivity index (χ1) is 11.8. The Balaban J connectivity index is 1.57. The second kappa shape index (κ2) is 6.42. The third-order valence-corrected chi connectivity index (χ3v) is 4.17. The van der Waals surface area contributed by atoms with Gasteiger partial charge in [0.05, 0.1) is 24.4 Å². The van der Waals surface area contributed by atoms with E-state index in [1.807, 2.05) is 29.2 Å². The zero-order valence-electron chi connectivity index (χ0n) is 13.1. The number of fused-ring (bicyclic) bond motifs is 1. The van der Waals surface area contributed by atoms with Gasteiger partial charge in [-0.05, 0) is 24.3 Å². The number of anilines is 3. The summed E-state index contributed by atoms with van der Waals surface area (Å²) in [5.74, 6) is 1.35. The molecule has 3 heterocycles. The molecule has 1 aliphatic rings. The highest BCUT2D eigenvalue weighted by molar-refractivity contribution is 5.82. The summed E-state index contributed by atoms with van der Waals surface area (Å²) in [6.07, 6.45) is 3.52. The summed E-state index contributed by atoms with van der Waals surface area (Å²) in [4.78, 5) is 11.0. The van der Waals surface area contributed by atoms with E-state index in [1.54, 1.807) is 12.4 Å². The standard InChI is InChI=1S/C16H19N7O/c24-10-13-9-17-5-6-23(13)16-18-4-3-15(21-16)20-12-1-2-14-11(7-12)8-19-22-14/h1-4,7-8,13,17,24H,5-6,9-10H2,(H,19,22)(H,18,20,21). The highest BCUT2D eigenvalue weighted by Gasteiger charge is 2.23. The lowest BCUT2D eigenvalue weighted by Crippen LogP contribution is -2.53. The summed E-state index contributed by atoms with van der Waals surface area (Å²) in [5.41, 5.74) is 1.93. The van der Waals surface area contributed by atoms with E-state index in [9.17, 15) is 5.11 Å². The average Bonchev–Trinajstić information content (AvgIpc) is 3.10. The normalized spacial score (nSPS) is 18.0. The third kappa shape index (κ3) is 2.89. The van der Waals surface area contributed by atoms with E-state index < -0.39 is 0 Å². The van der Waals surface area contributed by atoms with Gasteiger partial charge in [-0.3, -0.25) is 5.10 Å². The van der Waals surface area contributed by atoms with Gasteiger partial charge in [-0.1, -0.05) is 0 Å². The Labute approximate surface area is 138 Å². The van der Waals surface area contributed by atoms with E-state index >= 15 is 0 Å². The number of H-pyrrole nitrogens is 1. The van der Waals surface area contributed by atoms with Crippen molar-refractivity contribution in [2.75, 3.05) is 36.5 Å². The molecule has 1 atom stereocenters. The molecule has 4 N–H and O–H groups in total. The van der Waals surface area contributed by atoms with Crippen molar-refractivity contribution in [3.63, 3.8) is 0 Å². The molecule has 1 aromatic carbocycles. The van der Waals surface area contributed by atoms with Gasteiger partial charge < -0.3 is 20.6 Å². The van der Waals surface area contributed by atoms with Crippen LogP contribution in [0.4, 0.5) is 17.5 Å². The third-order valence-electron chi connectivity index (χ3n) is 4.17. The molecule has 0 aliphatic carbocycles. The summed E-state index contributed by atoms with van der Waals surface area (Å²) in [5, 5.41) is 24.1. The van der Waals surface area contributed by atoms with Crippen LogP contribution in [0.15, 0.2) is 36.7 Å². The zero-order valence-corrected chi connectivity index (χ0v) is 13.1. The molecule has 0 saturated carbocycles. The number of aromatic amines is 1. The van der Waals surface area contributed by atoms with E-state index in [1.165, 1.54) is 0 Å². The maximum atomic E-state index is 9.55. The van der Waals surface area contributed by atoms with E-state index in [-0.39, 0.29) is 12.6 Å². The summed E-state index contributed by atoms with van der Waals surface area (Å²) < 4.78 is 0. The van der Waals surface area contributed by atoms with Gasteiger partial charge in [0, 0.05) is 36.9 Å². The summed E-state index contributed by atoms with van der Waals surface area (Å²) in [6.45, 7) is 2.43. The molecule has 1 fully saturated rings. The number of aliphatic hydroxyl groups excluding tert-OH is 1. The quantitative estimate of drug-likeness (QED) is 0.564. The molecule has 1 saturated heterocycles. The fraction of sp³-hybridized carbons (Fsp3) is 0.312. The van der Waals surface area contributed by atoms with E-state index in [4.69, 9.17) is 0 Å². The first kappa shape index (κ1) is 14.9. The molecular formula is C16H19N7O. The van der Waals surface area contributed by atoms with E-state index in [0.29, 0.717) is 5.95 Å². The maximum absolute atomic E-state index is 9.55. The van der Waals surface area contributed by atoms with Gasteiger partial charge in [0.1, 0.15) is 5.82 Å². The van der Waals surface area contributed by atoms with Crippen molar-refractivity contribution < 1.29 is 5.11 Å². The molecule has 4 rings (SSSR count). The molecule has 8 nitrogen and oxygen atoms in total. The number of nitrogens with one attached hydrogen (secondary N) is 3. The number of aromatic nitrogens is 4. The van der Waals surface area contributed by atoms with Gasteiger partial charge in [0.25, 0.3) is 0 Å². The number of rotatable bonds is 4. The molecule has 124 valence electrons. The molecule has 1 unspecified atom stereocenters. The SMILES string of the molecule is OCC1CNCCN1c1nccc(Nc2ccc3[nH]ncc3c2)n1. The Kier molecular flexibility index (Phi) is 3.97.